The minimum Gasteiger partial charge on any atom is -0.360 e. The third kappa shape index (κ3) is 2.88. The van der Waals surface area contributed by atoms with Crippen LogP contribution < -0.4 is 16.6 Å². The number of aryl methyl sites for hydroxylation is 1. The van der Waals surface area contributed by atoms with Crippen LogP contribution in [0.2, 0.25) is 0 Å². The Morgan fingerprint density at radius 2 is 2.29 bits per heavy atom. The Kier molecular flexibility index (Phi) is 3.49. The maximum atomic E-state index is 5.22. The lowest BCUT2D eigenvalue weighted by Gasteiger charge is -2.06. The fourth-order valence-electron chi connectivity index (χ4n) is 1.13. The summed E-state index contributed by atoms with van der Waals surface area (Å²) in [6.07, 6.45) is 1.59. The highest BCUT2D eigenvalue weighted by molar-refractivity contribution is 9.10. The van der Waals surface area contributed by atoms with Gasteiger partial charge in [-0.25, -0.2) is 10.8 Å². The summed E-state index contributed by atoms with van der Waals surface area (Å²) < 4.78 is 5.68. The van der Waals surface area contributed by atoms with E-state index in [9.17, 15) is 0 Å². The summed E-state index contributed by atoms with van der Waals surface area (Å²) in [4.78, 5) is 12.1. The van der Waals surface area contributed by atoms with Gasteiger partial charge in [0.05, 0.1) is 11.0 Å². The highest BCUT2D eigenvalue weighted by atomic mass is 79.9. The minimum atomic E-state index is 0.317. The first-order chi connectivity index (χ1) is 8.19. The molecule has 0 unspecified atom stereocenters. The van der Waals surface area contributed by atoms with Crippen molar-refractivity contribution in [3.8, 4) is 0 Å². The number of hydrazine groups is 1. The SMILES string of the molecule is Cc1noc(CNc2nc(NN)ncc2Br)n1. The number of nitrogens with one attached hydrogen (secondary N) is 2. The molecule has 0 fully saturated rings. The number of aromatic nitrogens is 4. The molecule has 2 aromatic heterocycles. The normalized spacial score (nSPS) is 10.3. The molecule has 0 aromatic carbocycles. The maximum Gasteiger partial charge on any atom is 0.245 e. The third-order valence-corrected chi connectivity index (χ3v) is 2.43. The van der Waals surface area contributed by atoms with E-state index >= 15 is 0 Å². The van der Waals surface area contributed by atoms with Crippen LogP contribution in [-0.2, 0) is 6.54 Å². The molecule has 8 nitrogen and oxygen atoms in total. The van der Waals surface area contributed by atoms with E-state index in [-0.39, 0.29) is 0 Å². The molecule has 4 N–H and O–H groups in total. The molecule has 2 aromatic rings. The van der Waals surface area contributed by atoms with E-state index in [1.54, 1.807) is 13.1 Å². The number of nitrogens with zero attached hydrogens (tertiary/aromatic N) is 4. The predicted octanol–water partition coefficient (Wildman–Crippen LogP) is 0.828. The summed E-state index contributed by atoms with van der Waals surface area (Å²) in [6, 6.07) is 0. The van der Waals surface area contributed by atoms with E-state index in [0.717, 1.165) is 0 Å². The van der Waals surface area contributed by atoms with Gasteiger partial charge < -0.3 is 9.84 Å². The summed E-state index contributed by atoms with van der Waals surface area (Å²) in [5, 5.41) is 6.71. The van der Waals surface area contributed by atoms with Gasteiger partial charge in [-0.3, -0.25) is 5.43 Å². The second-order valence-corrected chi connectivity index (χ2v) is 3.98. The van der Waals surface area contributed by atoms with E-state index in [1.165, 1.54) is 0 Å². The Labute approximate surface area is 105 Å². The number of anilines is 2. The van der Waals surface area contributed by atoms with Crippen molar-refractivity contribution in [3.63, 3.8) is 0 Å². The van der Waals surface area contributed by atoms with Crippen molar-refractivity contribution >= 4 is 27.7 Å². The quantitative estimate of drug-likeness (QED) is 0.562. The lowest BCUT2D eigenvalue weighted by Crippen LogP contribution is -2.12. The molecule has 0 amide bonds. The van der Waals surface area contributed by atoms with Crippen molar-refractivity contribution in [1.82, 2.24) is 20.1 Å². The second-order valence-electron chi connectivity index (χ2n) is 3.12. The number of hydrogen-bond acceptors (Lipinski definition) is 8. The number of hydrogen-bond donors (Lipinski definition) is 3. The molecular formula is C8H10BrN7O. The first kappa shape index (κ1) is 11.7. The van der Waals surface area contributed by atoms with Gasteiger partial charge >= 0.3 is 0 Å². The summed E-state index contributed by atoms with van der Waals surface area (Å²) in [5.41, 5.74) is 2.36. The molecule has 9 heteroatoms. The van der Waals surface area contributed by atoms with Gasteiger partial charge in [-0.1, -0.05) is 5.16 Å². The van der Waals surface area contributed by atoms with Gasteiger partial charge in [0.25, 0.3) is 0 Å². The lowest BCUT2D eigenvalue weighted by atomic mass is 10.5. The third-order valence-electron chi connectivity index (χ3n) is 1.85. The zero-order valence-electron chi connectivity index (χ0n) is 8.94. The van der Waals surface area contributed by atoms with Crippen LogP contribution in [-0.4, -0.2) is 20.1 Å². The molecule has 0 aliphatic carbocycles. The number of rotatable bonds is 4. The standard InChI is InChI=1S/C8H10BrN7O/c1-4-13-6(17-16-4)3-11-7-5(9)2-12-8(14-7)15-10/h2H,3,10H2,1H3,(H2,11,12,14,15). The number of nitrogen functional groups attached to an aromatic ring is 1. The molecule has 17 heavy (non-hydrogen) atoms. The van der Waals surface area contributed by atoms with Crippen molar-refractivity contribution in [2.24, 2.45) is 5.84 Å². The van der Waals surface area contributed by atoms with Crippen LogP contribution in [0.5, 0.6) is 0 Å². The van der Waals surface area contributed by atoms with Crippen LogP contribution >= 0.6 is 15.9 Å². The van der Waals surface area contributed by atoms with Crippen LogP contribution in [0.4, 0.5) is 11.8 Å². The molecule has 0 bridgehead atoms. The smallest absolute Gasteiger partial charge is 0.245 e. The van der Waals surface area contributed by atoms with Crippen LogP contribution in [0.1, 0.15) is 11.7 Å². The van der Waals surface area contributed by atoms with E-state index in [4.69, 9.17) is 10.4 Å². The van der Waals surface area contributed by atoms with Crippen LogP contribution in [0.15, 0.2) is 15.2 Å². The zero-order chi connectivity index (χ0) is 12.3. The van der Waals surface area contributed by atoms with Crippen molar-refractivity contribution in [1.29, 1.82) is 0 Å². The largest absolute Gasteiger partial charge is 0.360 e. The van der Waals surface area contributed by atoms with Gasteiger partial charge in [-0.15, -0.1) is 0 Å². The number of nitrogens with two attached hydrogens (primary N) is 1. The van der Waals surface area contributed by atoms with Crippen molar-refractivity contribution < 1.29 is 4.52 Å². The first-order valence-electron chi connectivity index (χ1n) is 4.71. The zero-order valence-corrected chi connectivity index (χ0v) is 10.5. The Bertz CT molecular complexity index is 514. The molecule has 2 heterocycles. The van der Waals surface area contributed by atoms with Crippen LogP contribution in [0, 0.1) is 6.92 Å². The average molecular weight is 300 g/mol. The molecule has 0 radical (unpaired) electrons. The Hall–Kier alpha value is -1.74. The van der Waals surface area contributed by atoms with E-state index < -0.39 is 0 Å². The summed E-state index contributed by atoms with van der Waals surface area (Å²) in [7, 11) is 0. The van der Waals surface area contributed by atoms with Gasteiger partial charge in [0, 0.05) is 6.20 Å². The first-order valence-corrected chi connectivity index (χ1v) is 5.50. The average Bonchev–Trinajstić information content (AvgIpc) is 2.74. The predicted molar refractivity (Wildman–Crippen MR) is 63.9 cm³/mol. The van der Waals surface area contributed by atoms with Crippen molar-refractivity contribution in [3.05, 3.63) is 22.4 Å². The van der Waals surface area contributed by atoms with Gasteiger partial charge in [0.2, 0.25) is 11.8 Å². The van der Waals surface area contributed by atoms with Crippen molar-refractivity contribution in [2.75, 3.05) is 10.7 Å². The van der Waals surface area contributed by atoms with E-state index in [2.05, 4.69) is 46.8 Å². The fraction of sp³-hybridized carbons (Fsp3) is 0.250. The number of halogens is 1. The molecule has 0 saturated heterocycles. The monoisotopic (exact) mass is 299 g/mol. The van der Waals surface area contributed by atoms with Gasteiger partial charge in [-0.05, 0) is 22.9 Å². The van der Waals surface area contributed by atoms with Gasteiger partial charge in [-0.2, -0.15) is 9.97 Å². The second kappa shape index (κ2) is 5.06. The molecule has 0 saturated carbocycles. The summed E-state index contributed by atoms with van der Waals surface area (Å²) in [6.45, 7) is 2.13. The lowest BCUT2D eigenvalue weighted by molar-refractivity contribution is 0.379. The molecule has 0 aliphatic heterocycles. The highest BCUT2D eigenvalue weighted by Gasteiger charge is 2.07. The Morgan fingerprint density at radius 3 is 2.94 bits per heavy atom. The van der Waals surface area contributed by atoms with Gasteiger partial charge in [0.15, 0.2) is 5.82 Å². The molecule has 0 aliphatic rings. The summed E-state index contributed by atoms with van der Waals surface area (Å²) in [5.74, 6) is 7.20. The van der Waals surface area contributed by atoms with E-state index in [0.29, 0.717) is 34.5 Å². The van der Waals surface area contributed by atoms with E-state index in [1.807, 2.05) is 0 Å². The van der Waals surface area contributed by atoms with Gasteiger partial charge in [0.1, 0.15) is 5.82 Å². The van der Waals surface area contributed by atoms with Crippen LogP contribution in [0.25, 0.3) is 0 Å². The molecule has 0 spiro atoms. The van der Waals surface area contributed by atoms with Crippen molar-refractivity contribution in [2.45, 2.75) is 13.5 Å². The highest BCUT2D eigenvalue weighted by Crippen LogP contribution is 2.20. The molecule has 2 rings (SSSR count). The maximum absolute atomic E-state index is 5.22. The molecule has 90 valence electrons. The Balaban J connectivity index is 2.07. The fourth-order valence-corrected chi connectivity index (χ4v) is 1.46. The summed E-state index contributed by atoms with van der Waals surface area (Å²) >= 11 is 3.32. The van der Waals surface area contributed by atoms with Crippen LogP contribution in [0.3, 0.4) is 0 Å². The Morgan fingerprint density at radius 1 is 1.47 bits per heavy atom. The topological polar surface area (TPSA) is 115 Å². The molecular weight excluding hydrogens is 290 g/mol. The molecule has 0 atom stereocenters. The minimum absolute atomic E-state index is 0.317.